The molecule has 2 fully saturated rings. The smallest absolute Gasteiger partial charge is 0.228 e. The van der Waals surface area contributed by atoms with Crippen LogP contribution in [0.2, 0.25) is 0 Å². The van der Waals surface area contributed by atoms with Gasteiger partial charge in [-0.15, -0.1) is 0 Å². The molecule has 1 saturated heterocycles. The van der Waals surface area contributed by atoms with Crippen LogP contribution in [0.3, 0.4) is 0 Å². The number of rotatable bonds is 4. The van der Waals surface area contributed by atoms with Gasteiger partial charge >= 0.3 is 0 Å². The zero-order chi connectivity index (χ0) is 20.0. The van der Waals surface area contributed by atoms with Crippen LogP contribution in [0, 0.1) is 0 Å². The number of aromatic nitrogens is 4. The van der Waals surface area contributed by atoms with Gasteiger partial charge in [-0.25, -0.2) is 15.0 Å². The van der Waals surface area contributed by atoms with Gasteiger partial charge in [0, 0.05) is 48.7 Å². The Hall–Kier alpha value is -2.52. The molecule has 2 aromatic rings. The molecule has 2 aromatic heterocycles. The zero-order valence-electron chi connectivity index (χ0n) is 17.0. The van der Waals surface area contributed by atoms with Gasteiger partial charge in [-0.3, -0.25) is 0 Å². The van der Waals surface area contributed by atoms with Crippen LogP contribution >= 0.6 is 0 Å². The van der Waals surface area contributed by atoms with Crippen molar-refractivity contribution in [1.29, 1.82) is 0 Å². The summed E-state index contributed by atoms with van der Waals surface area (Å²) >= 11 is 0. The van der Waals surface area contributed by atoms with Gasteiger partial charge in [-0.2, -0.15) is 4.98 Å². The Labute approximate surface area is 170 Å². The van der Waals surface area contributed by atoms with E-state index >= 15 is 0 Å². The van der Waals surface area contributed by atoms with E-state index < -0.39 is 0 Å². The largest absolute Gasteiger partial charge is 0.377 e. The van der Waals surface area contributed by atoms with Crippen LogP contribution in [0.1, 0.15) is 25.3 Å². The Bertz CT molecular complexity index is 883. The molecular formula is C20H28N8O. The summed E-state index contributed by atoms with van der Waals surface area (Å²) in [5, 5.41) is 3.38. The highest BCUT2D eigenvalue weighted by molar-refractivity contribution is 5.72. The topological polar surface area (TPSA) is 105 Å². The number of morpholine rings is 1. The average molecular weight is 396 g/mol. The lowest BCUT2D eigenvalue weighted by Crippen LogP contribution is -2.51. The van der Waals surface area contributed by atoms with Crippen molar-refractivity contribution in [1.82, 2.24) is 25.3 Å². The summed E-state index contributed by atoms with van der Waals surface area (Å²) in [6, 6.07) is 1.38. The molecule has 1 saturated carbocycles. The maximum atomic E-state index is 5.70. The van der Waals surface area contributed by atoms with Crippen LogP contribution in [-0.2, 0) is 11.2 Å². The van der Waals surface area contributed by atoms with E-state index in [0.29, 0.717) is 25.3 Å². The third-order valence-electron chi connectivity index (χ3n) is 6.38. The molecule has 154 valence electrons. The second-order valence-electron chi connectivity index (χ2n) is 8.18. The number of fused-ring (bicyclic) bond motifs is 1. The minimum absolute atomic E-state index is 0.240. The fourth-order valence-corrected chi connectivity index (χ4v) is 4.55. The lowest BCUT2D eigenvalue weighted by atomic mass is 9.86. The number of nitrogens with two attached hydrogens (primary N) is 1. The van der Waals surface area contributed by atoms with Crippen molar-refractivity contribution >= 4 is 17.7 Å². The number of ether oxygens (including phenoxy) is 1. The van der Waals surface area contributed by atoms with Crippen LogP contribution in [0.5, 0.6) is 0 Å². The second kappa shape index (κ2) is 7.38. The lowest BCUT2D eigenvalue weighted by Gasteiger charge is -2.42. The molecule has 0 aromatic carbocycles. The molecule has 4 heterocycles. The molecule has 0 bridgehead atoms. The van der Waals surface area contributed by atoms with Crippen molar-refractivity contribution in [3.05, 3.63) is 18.0 Å². The number of hydrogen-bond donors (Lipinski definition) is 2. The van der Waals surface area contributed by atoms with Crippen molar-refractivity contribution in [2.45, 2.75) is 44.3 Å². The Morgan fingerprint density at radius 3 is 2.66 bits per heavy atom. The van der Waals surface area contributed by atoms with Crippen LogP contribution in [0.25, 0.3) is 11.3 Å². The van der Waals surface area contributed by atoms with E-state index in [1.165, 1.54) is 5.56 Å². The highest BCUT2D eigenvalue weighted by Crippen LogP contribution is 2.40. The van der Waals surface area contributed by atoms with Crippen LogP contribution < -0.4 is 20.9 Å². The first-order chi connectivity index (χ1) is 14.1. The van der Waals surface area contributed by atoms with Crippen molar-refractivity contribution in [3.8, 4) is 11.3 Å². The van der Waals surface area contributed by atoms with E-state index in [2.05, 4.69) is 32.0 Å². The van der Waals surface area contributed by atoms with Gasteiger partial charge in [0.2, 0.25) is 11.9 Å². The molecule has 0 amide bonds. The molecule has 0 radical (unpaired) electrons. The van der Waals surface area contributed by atoms with E-state index in [0.717, 1.165) is 55.4 Å². The quantitative estimate of drug-likeness (QED) is 0.778. The van der Waals surface area contributed by atoms with Gasteiger partial charge in [-0.1, -0.05) is 0 Å². The summed E-state index contributed by atoms with van der Waals surface area (Å²) in [7, 11) is 2.04. The molecule has 3 N–H and O–H groups in total. The standard InChI is InChI=1S/C20H28N8O/c1-12-11-29-6-5-27(12)20-25-17(13-9-23-19(21)24-10-13)16-3-4-28(18(16)26-20)15-7-14(8-15)22-2/h9-10,12,14-15,22H,3-8,11H2,1-2H3,(H2,21,23,24)/t12-,14?,15?/m0/s1. The van der Waals surface area contributed by atoms with Crippen molar-refractivity contribution in [2.75, 3.05) is 48.9 Å². The summed E-state index contributed by atoms with van der Waals surface area (Å²) in [6.07, 6.45) is 6.78. The van der Waals surface area contributed by atoms with Crippen molar-refractivity contribution in [2.24, 2.45) is 0 Å². The Morgan fingerprint density at radius 1 is 1.14 bits per heavy atom. The van der Waals surface area contributed by atoms with Gasteiger partial charge in [0.25, 0.3) is 0 Å². The lowest BCUT2D eigenvalue weighted by molar-refractivity contribution is 0.0981. The van der Waals surface area contributed by atoms with E-state index in [-0.39, 0.29) is 12.0 Å². The molecule has 5 rings (SSSR count). The molecular weight excluding hydrogens is 368 g/mol. The summed E-state index contributed by atoms with van der Waals surface area (Å²) in [5.41, 5.74) is 8.71. The third kappa shape index (κ3) is 3.28. The number of hydrogen-bond acceptors (Lipinski definition) is 9. The average Bonchev–Trinajstić information content (AvgIpc) is 3.11. The van der Waals surface area contributed by atoms with Crippen molar-refractivity contribution < 1.29 is 4.74 Å². The normalized spacial score (nSPS) is 26.3. The SMILES string of the molecule is CNC1CC(N2CCc3c(-c4cnc(N)nc4)nc(N4CCOC[C@@H]4C)nc32)C1. The summed E-state index contributed by atoms with van der Waals surface area (Å²) < 4.78 is 5.62. The minimum atomic E-state index is 0.240. The Morgan fingerprint density at radius 2 is 1.93 bits per heavy atom. The number of anilines is 3. The van der Waals surface area contributed by atoms with E-state index in [1.54, 1.807) is 12.4 Å². The first kappa shape index (κ1) is 18.5. The van der Waals surface area contributed by atoms with E-state index in [9.17, 15) is 0 Å². The number of nitrogen functional groups attached to an aromatic ring is 1. The first-order valence-electron chi connectivity index (χ1n) is 10.4. The monoisotopic (exact) mass is 396 g/mol. The maximum Gasteiger partial charge on any atom is 0.228 e. The highest BCUT2D eigenvalue weighted by atomic mass is 16.5. The Balaban J connectivity index is 1.56. The van der Waals surface area contributed by atoms with Crippen LogP contribution in [0.15, 0.2) is 12.4 Å². The first-order valence-corrected chi connectivity index (χ1v) is 10.4. The molecule has 0 spiro atoms. The molecule has 3 aliphatic rings. The van der Waals surface area contributed by atoms with E-state index in [4.69, 9.17) is 20.4 Å². The summed E-state index contributed by atoms with van der Waals surface area (Å²) in [6.45, 7) is 5.32. The van der Waals surface area contributed by atoms with Gasteiger partial charge < -0.3 is 25.6 Å². The molecule has 29 heavy (non-hydrogen) atoms. The fraction of sp³-hybridized carbons (Fsp3) is 0.600. The third-order valence-corrected chi connectivity index (χ3v) is 6.38. The maximum absolute atomic E-state index is 5.70. The predicted molar refractivity (Wildman–Crippen MR) is 112 cm³/mol. The molecule has 9 nitrogen and oxygen atoms in total. The minimum Gasteiger partial charge on any atom is -0.377 e. The molecule has 0 unspecified atom stereocenters. The molecule has 1 atom stereocenters. The van der Waals surface area contributed by atoms with Gasteiger partial charge in [0.15, 0.2) is 0 Å². The van der Waals surface area contributed by atoms with Crippen LogP contribution in [0.4, 0.5) is 17.7 Å². The zero-order valence-corrected chi connectivity index (χ0v) is 17.0. The molecule has 2 aliphatic heterocycles. The van der Waals surface area contributed by atoms with Gasteiger partial charge in [0.05, 0.1) is 24.9 Å². The van der Waals surface area contributed by atoms with Crippen LogP contribution in [-0.4, -0.2) is 71.4 Å². The number of nitrogens with zero attached hydrogens (tertiary/aromatic N) is 6. The summed E-state index contributed by atoms with van der Waals surface area (Å²) in [4.78, 5) is 23.2. The van der Waals surface area contributed by atoms with Crippen molar-refractivity contribution in [3.63, 3.8) is 0 Å². The van der Waals surface area contributed by atoms with E-state index in [1.807, 2.05) is 7.05 Å². The molecule has 1 aliphatic carbocycles. The summed E-state index contributed by atoms with van der Waals surface area (Å²) in [5.74, 6) is 2.11. The molecule has 9 heteroatoms. The van der Waals surface area contributed by atoms with Gasteiger partial charge in [-0.05, 0) is 33.2 Å². The fourth-order valence-electron chi connectivity index (χ4n) is 4.55. The Kier molecular flexibility index (Phi) is 4.71. The highest BCUT2D eigenvalue weighted by Gasteiger charge is 2.38. The number of nitrogens with one attached hydrogen (secondary N) is 1. The van der Waals surface area contributed by atoms with Gasteiger partial charge in [0.1, 0.15) is 5.82 Å². The second-order valence-corrected chi connectivity index (χ2v) is 8.18. The predicted octanol–water partition coefficient (Wildman–Crippen LogP) is 0.854.